The van der Waals surface area contributed by atoms with Gasteiger partial charge in [0.2, 0.25) is 0 Å². The second kappa shape index (κ2) is 6.29. The summed E-state index contributed by atoms with van der Waals surface area (Å²) in [6, 6.07) is 8.04. The highest BCUT2D eigenvalue weighted by atomic mass is 15.2. The van der Waals surface area contributed by atoms with Crippen LogP contribution >= 0.6 is 0 Å². The quantitative estimate of drug-likeness (QED) is 0.891. The Morgan fingerprint density at radius 1 is 1.21 bits per heavy atom. The van der Waals surface area contributed by atoms with Crippen LogP contribution < -0.4 is 10.6 Å². The molecule has 2 N–H and O–H groups in total. The van der Waals surface area contributed by atoms with Crippen LogP contribution in [-0.4, -0.2) is 23.6 Å². The predicted octanol–water partition coefficient (Wildman–Crippen LogP) is 2.18. The highest BCUT2D eigenvalue weighted by Crippen LogP contribution is 2.21. The van der Waals surface area contributed by atoms with E-state index in [2.05, 4.69) is 21.9 Å². The van der Waals surface area contributed by atoms with Gasteiger partial charge in [-0.25, -0.2) is 4.98 Å². The van der Waals surface area contributed by atoms with Crippen molar-refractivity contribution in [1.29, 1.82) is 0 Å². The summed E-state index contributed by atoms with van der Waals surface area (Å²) in [6.45, 7) is 2.89. The van der Waals surface area contributed by atoms with Crippen molar-refractivity contribution >= 4 is 5.82 Å². The minimum absolute atomic E-state index is 0.00734. The molecule has 0 aliphatic rings. The molecular formula is C15H20N4. The van der Waals surface area contributed by atoms with Crippen LogP contribution in [0, 0.1) is 0 Å². The fourth-order valence-corrected chi connectivity index (χ4v) is 2.04. The number of anilines is 1. The van der Waals surface area contributed by atoms with Crippen molar-refractivity contribution in [2.75, 3.05) is 18.5 Å². The molecule has 0 amide bonds. The molecule has 0 unspecified atom stereocenters. The lowest BCUT2D eigenvalue weighted by molar-refractivity contribution is 0.783. The van der Waals surface area contributed by atoms with Crippen molar-refractivity contribution in [1.82, 2.24) is 9.97 Å². The van der Waals surface area contributed by atoms with E-state index in [1.54, 1.807) is 0 Å². The van der Waals surface area contributed by atoms with Gasteiger partial charge in [-0.2, -0.15) is 0 Å². The number of hydrogen-bond donors (Lipinski definition) is 1. The lowest BCUT2D eigenvalue weighted by Gasteiger charge is -2.22. The first-order valence-corrected chi connectivity index (χ1v) is 6.49. The molecular weight excluding hydrogens is 236 g/mol. The molecule has 100 valence electrons. The summed E-state index contributed by atoms with van der Waals surface area (Å²) in [4.78, 5) is 10.6. The SMILES string of the molecule is C[C@H](N)c1cccnc1N(C)CCc1ccncc1. The topological polar surface area (TPSA) is 55.0 Å². The molecule has 0 spiro atoms. The summed E-state index contributed by atoms with van der Waals surface area (Å²) in [5.41, 5.74) is 8.35. The van der Waals surface area contributed by atoms with Crippen LogP contribution in [0.5, 0.6) is 0 Å². The van der Waals surface area contributed by atoms with E-state index < -0.39 is 0 Å². The van der Waals surface area contributed by atoms with E-state index in [0.717, 1.165) is 24.3 Å². The number of nitrogens with zero attached hydrogens (tertiary/aromatic N) is 3. The Balaban J connectivity index is 2.06. The van der Waals surface area contributed by atoms with E-state index in [4.69, 9.17) is 5.73 Å². The normalized spacial score (nSPS) is 12.2. The molecule has 4 nitrogen and oxygen atoms in total. The molecule has 0 saturated heterocycles. The molecule has 0 bridgehead atoms. The van der Waals surface area contributed by atoms with Crippen molar-refractivity contribution in [2.45, 2.75) is 19.4 Å². The van der Waals surface area contributed by atoms with Crippen molar-refractivity contribution in [3.8, 4) is 0 Å². The zero-order chi connectivity index (χ0) is 13.7. The average Bonchev–Trinajstić information content (AvgIpc) is 2.46. The predicted molar refractivity (Wildman–Crippen MR) is 78.1 cm³/mol. The number of nitrogens with two attached hydrogens (primary N) is 1. The highest BCUT2D eigenvalue weighted by Gasteiger charge is 2.11. The molecule has 2 heterocycles. The van der Waals surface area contributed by atoms with Crippen molar-refractivity contribution in [2.24, 2.45) is 5.73 Å². The Kier molecular flexibility index (Phi) is 4.47. The molecule has 19 heavy (non-hydrogen) atoms. The van der Waals surface area contributed by atoms with Crippen LogP contribution in [-0.2, 0) is 6.42 Å². The van der Waals surface area contributed by atoms with Crippen LogP contribution in [0.25, 0.3) is 0 Å². The van der Waals surface area contributed by atoms with Gasteiger partial charge in [0.25, 0.3) is 0 Å². The van der Waals surface area contributed by atoms with E-state index in [1.807, 2.05) is 49.8 Å². The molecule has 4 heteroatoms. The molecule has 2 rings (SSSR count). The van der Waals surface area contributed by atoms with Crippen LogP contribution in [0.3, 0.4) is 0 Å². The average molecular weight is 256 g/mol. The maximum absolute atomic E-state index is 5.98. The van der Waals surface area contributed by atoms with Gasteiger partial charge in [0.05, 0.1) is 0 Å². The highest BCUT2D eigenvalue weighted by molar-refractivity contribution is 5.47. The number of pyridine rings is 2. The molecule has 0 radical (unpaired) electrons. The zero-order valence-electron chi connectivity index (χ0n) is 11.5. The smallest absolute Gasteiger partial charge is 0.133 e. The number of rotatable bonds is 5. The van der Waals surface area contributed by atoms with Gasteiger partial charge < -0.3 is 10.6 Å². The van der Waals surface area contributed by atoms with Gasteiger partial charge in [-0.3, -0.25) is 4.98 Å². The van der Waals surface area contributed by atoms with Crippen LogP contribution in [0.4, 0.5) is 5.82 Å². The minimum Gasteiger partial charge on any atom is -0.359 e. The summed E-state index contributed by atoms with van der Waals surface area (Å²) in [6.07, 6.45) is 6.42. The summed E-state index contributed by atoms with van der Waals surface area (Å²) >= 11 is 0. The lowest BCUT2D eigenvalue weighted by atomic mass is 10.1. The first-order chi connectivity index (χ1) is 9.18. The minimum atomic E-state index is -0.00734. The van der Waals surface area contributed by atoms with Crippen molar-refractivity contribution < 1.29 is 0 Å². The lowest BCUT2D eigenvalue weighted by Crippen LogP contribution is -2.24. The first kappa shape index (κ1) is 13.5. The molecule has 0 aliphatic carbocycles. The van der Waals surface area contributed by atoms with Crippen LogP contribution in [0.1, 0.15) is 24.1 Å². The fourth-order valence-electron chi connectivity index (χ4n) is 2.04. The molecule has 0 fully saturated rings. The van der Waals surface area contributed by atoms with E-state index in [1.165, 1.54) is 5.56 Å². The third kappa shape index (κ3) is 3.51. The van der Waals surface area contributed by atoms with Gasteiger partial charge in [0.15, 0.2) is 0 Å². The third-order valence-electron chi connectivity index (χ3n) is 3.15. The Bertz CT molecular complexity index is 511. The Labute approximate surface area is 114 Å². The monoisotopic (exact) mass is 256 g/mol. The Morgan fingerprint density at radius 2 is 1.95 bits per heavy atom. The molecule has 0 aliphatic heterocycles. The summed E-state index contributed by atoms with van der Waals surface area (Å²) in [5.74, 6) is 0.964. The van der Waals surface area contributed by atoms with Crippen molar-refractivity contribution in [3.63, 3.8) is 0 Å². The van der Waals surface area contributed by atoms with E-state index in [-0.39, 0.29) is 6.04 Å². The van der Waals surface area contributed by atoms with Crippen LogP contribution in [0.15, 0.2) is 42.9 Å². The van der Waals surface area contributed by atoms with E-state index in [0.29, 0.717) is 0 Å². The van der Waals surface area contributed by atoms with E-state index in [9.17, 15) is 0 Å². The second-order valence-corrected chi connectivity index (χ2v) is 4.73. The summed E-state index contributed by atoms with van der Waals surface area (Å²) in [5, 5.41) is 0. The summed E-state index contributed by atoms with van der Waals surface area (Å²) < 4.78 is 0. The van der Waals surface area contributed by atoms with Gasteiger partial charge in [-0.05, 0) is 37.1 Å². The van der Waals surface area contributed by atoms with Crippen molar-refractivity contribution in [3.05, 3.63) is 54.0 Å². The third-order valence-corrected chi connectivity index (χ3v) is 3.15. The maximum Gasteiger partial charge on any atom is 0.133 e. The Hall–Kier alpha value is -1.94. The number of likely N-dealkylation sites (N-methyl/N-ethyl adjacent to an activating group) is 1. The maximum atomic E-state index is 5.98. The standard InChI is InChI=1S/C15H20N4/c1-12(16)14-4-3-8-18-15(14)19(2)11-7-13-5-9-17-10-6-13/h3-6,8-10,12H,7,11,16H2,1-2H3/t12-/m0/s1. The molecule has 1 atom stereocenters. The van der Waals surface area contributed by atoms with Gasteiger partial charge in [0.1, 0.15) is 5.82 Å². The molecule has 0 aromatic carbocycles. The fraction of sp³-hybridized carbons (Fsp3) is 0.333. The number of aromatic nitrogens is 2. The number of hydrogen-bond acceptors (Lipinski definition) is 4. The van der Waals surface area contributed by atoms with Gasteiger partial charge in [-0.15, -0.1) is 0 Å². The first-order valence-electron chi connectivity index (χ1n) is 6.49. The zero-order valence-corrected chi connectivity index (χ0v) is 11.5. The second-order valence-electron chi connectivity index (χ2n) is 4.73. The van der Waals surface area contributed by atoms with E-state index >= 15 is 0 Å². The van der Waals surface area contributed by atoms with Gasteiger partial charge >= 0.3 is 0 Å². The molecule has 0 saturated carbocycles. The molecule has 2 aromatic heterocycles. The molecule has 2 aromatic rings. The Morgan fingerprint density at radius 3 is 2.63 bits per heavy atom. The van der Waals surface area contributed by atoms with Gasteiger partial charge in [-0.1, -0.05) is 6.07 Å². The summed E-state index contributed by atoms with van der Waals surface area (Å²) in [7, 11) is 2.05. The largest absolute Gasteiger partial charge is 0.359 e. The van der Waals surface area contributed by atoms with Gasteiger partial charge in [0, 0.05) is 43.8 Å². The van der Waals surface area contributed by atoms with Crippen LogP contribution in [0.2, 0.25) is 0 Å².